The van der Waals surface area contributed by atoms with E-state index in [0.29, 0.717) is 5.02 Å². The van der Waals surface area contributed by atoms with Gasteiger partial charge in [0.2, 0.25) is 0 Å². The Kier molecular flexibility index (Phi) is 2.80. The molecule has 0 radical (unpaired) electrons. The fourth-order valence-electron chi connectivity index (χ4n) is 2.09. The number of guanidine groups is 1. The second-order valence-electron chi connectivity index (χ2n) is 4.21. The number of nitrogens with zero attached hydrogens (tertiary/aromatic N) is 2. The molecule has 4 nitrogen and oxygen atoms in total. The van der Waals surface area contributed by atoms with Crippen molar-refractivity contribution < 1.29 is 0 Å². The molecule has 0 unspecified atom stereocenters. The Morgan fingerprint density at radius 2 is 2.33 bits per heavy atom. The Balaban J connectivity index is 2.09. The summed E-state index contributed by atoms with van der Waals surface area (Å²) in [5.41, 5.74) is 2.93. The summed E-state index contributed by atoms with van der Waals surface area (Å²) in [7, 11) is 0. The van der Waals surface area contributed by atoms with Crippen LogP contribution in [0.1, 0.15) is 5.56 Å². The van der Waals surface area contributed by atoms with Crippen LogP contribution < -0.4 is 10.6 Å². The van der Waals surface area contributed by atoms with Gasteiger partial charge in [-0.25, -0.2) is 0 Å². The predicted octanol–water partition coefficient (Wildman–Crippen LogP) is 2.57. The Morgan fingerprint density at radius 1 is 1.44 bits per heavy atom. The largest absolute Gasteiger partial charge is 0.354 e. The number of pyridine rings is 1. The molecule has 0 aliphatic carbocycles. The third-order valence-electron chi connectivity index (χ3n) is 3.04. The van der Waals surface area contributed by atoms with Crippen LogP contribution in [0.2, 0.25) is 5.02 Å². The quantitative estimate of drug-likeness (QED) is 0.829. The molecule has 0 fully saturated rings. The molecule has 2 aromatic rings. The molecule has 1 aliphatic rings. The zero-order valence-electron chi connectivity index (χ0n) is 10.00. The first-order chi connectivity index (χ1) is 8.75. The van der Waals surface area contributed by atoms with E-state index in [2.05, 4.69) is 27.5 Å². The Labute approximate surface area is 110 Å². The summed E-state index contributed by atoms with van der Waals surface area (Å²) >= 11 is 6.26. The molecule has 92 valence electrons. The minimum Gasteiger partial charge on any atom is -0.354 e. The van der Waals surface area contributed by atoms with Gasteiger partial charge in [-0.1, -0.05) is 17.7 Å². The Morgan fingerprint density at radius 3 is 3.11 bits per heavy atom. The zero-order chi connectivity index (χ0) is 12.5. The van der Waals surface area contributed by atoms with Crippen LogP contribution in [0, 0.1) is 6.92 Å². The SMILES string of the molecule is Cc1c(NC2=NCCN2)cc(Cl)c2ncccc12. The number of rotatable bonds is 1. The number of benzene rings is 1. The summed E-state index contributed by atoms with van der Waals surface area (Å²) in [5, 5.41) is 8.16. The first-order valence-corrected chi connectivity index (χ1v) is 6.22. The average molecular weight is 261 g/mol. The maximum absolute atomic E-state index is 6.26. The van der Waals surface area contributed by atoms with Crippen molar-refractivity contribution in [1.29, 1.82) is 0 Å². The minimum atomic E-state index is 0.650. The summed E-state index contributed by atoms with van der Waals surface area (Å²) in [4.78, 5) is 8.63. The van der Waals surface area contributed by atoms with Gasteiger partial charge >= 0.3 is 0 Å². The number of aliphatic imine (C=N–C) groups is 1. The molecule has 1 aliphatic heterocycles. The van der Waals surface area contributed by atoms with Gasteiger partial charge in [0.05, 0.1) is 17.1 Å². The number of hydrogen-bond acceptors (Lipinski definition) is 4. The topological polar surface area (TPSA) is 49.3 Å². The number of anilines is 1. The third kappa shape index (κ3) is 1.88. The molecule has 0 saturated heterocycles. The van der Waals surface area contributed by atoms with E-state index < -0.39 is 0 Å². The van der Waals surface area contributed by atoms with Crippen molar-refractivity contribution in [2.24, 2.45) is 4.99 Å². The third-order valence-corrected chi connectivity index (χ3v) is 3.33. The van der Waals surface area contributed by atoms with Gasteiger partial charge < -0.3 is 10.6 Å². The van der Waals surface area contributed by atoms with Crippen LogP contribution in [0.5, 0.6) is 0 Å². The fourth-order valence-corrected chi connectivity index (χ4v) is 2.35. The molecule has 0 atom stereocenters. The maximum atomic E-state index is 6.26. The second kappa shape index (κ2) is 4.46. The number of halogens is 1. The van der Waals surface area contributed by atoms with Crippen molar-refractivity contribution in [2.45, 2.75) is 6.92 Å². The van der Waals surface area contributed by atoms with E-state index in [9.17, 15) is 0 Å². The van der Waals surface area contributed by atoms with E-state index in [1.807, 2.05) is 18.2 Å². The molecule has 3 rings (SSSR count). The first kappa shape index (κ1) is 11.3. The zero-order valence-corrected chi connectivity index (χ0v) is 10.8. The van der Waals surface area contributed by atoms with Gasteiger partial charge in [-0.3, -0.25) is 9.98 Å². The van der Waals surface area contributed by atoms with Gasteiger partial charge in [0.1, 0.15) is 0 Å². The van der Waals surface area contributed by atoms with Crippen LogP contribution in [0.15, 0.2) is 29.4 Å². The van der Waals surface area contributed by atoms with Crippen LogP contribution in [-0.2, 0) is 0 Å². The highest BCUT2D eigenvalue weighted by atomic mass is 35.5. The highest BCUT2D eigenvalue weighted by Gasteiger charge is 2.11. The molecule has 2 heterocycles. The smallest absolute Gasteiger partial charge is 0.195 e. The molecule has 5 heteroatoms. The Hall–Kier alpha value is -1.81. The van der Waals surface area contributed by atoms with Crippen molar-refractivity contribution >= 4 is 34.2 Å². The van der Waals surface area contributed by atoms with Gasteiger partial charge in [-0.15, -0.1) is 0 Å². The van der Waals surface area contributed by atoms with Gasteiger partial charge in [0.15, 0.2) is 5.96 Å². The lowest BCUT2D eigenvalue weighted by Gasteiger charge is -2.12. The van der Waals surface area contributed by atoms with Crippen LogP contribution in [0.3, 0.4) is 0 Å². The summed E-state index contributed by atoms with van der Waals surface area (Å²) in [6, 6.07) is 5.84. The van der Waals surface area contributed by atoms with E-state index >= 15 is 0 Å². The molecule has 0 saturated carbocycles. The van der Waals surface area contributed by atoms with Crippen LogP contribution in [0.25, 0.3) is 10.9 Å². The summed E-state index contributed by atoms with van der Waals surface area (Å²) < 4.78 is 0. The van der Waals surface area contributed by atoms with Crippen molar-refractivity contribution in [3.63, 3.8) is 0 Å². The van der Waals surface area contributed by atoms with Crippen molar-refractivity contribution in [3.8, 4) is 0 Å². The number of aromatic nitrogens is 1. The summed E-state index contributed by atoms with van der Waals surface area (Å²) in [6.07, 6.45) is 1.75. The van der Waals surface area contributed by atoms with Crippen LogP contribution >= 0.6 is 11.6 Å². The lowest BCUT2D eigenvalue weighted by molar-refractivity contribution is 0.959. The standard InChI is InChI=1S/C13H13ClN4/c1-8-9-3-2-4-15-12(9)10(14)7-11(8)18-13-16-5-6-17-13/h2-4,7H,5-6H2,1H3,(H2,16,17,18). The molecule has 1 aromatic heterocycles. The van der Waals surface area contributed by atoms with E-state index in [1.165, 1.54) is 0 Å². The maximum Gasteiger partial charge on any atom is 0.195 e. The Bertz CT molecular complexity index is 636. The average Bonchev–Trinajstić information content (AvgIpc) is 2.89. The number of aryl methyl sites for hydroxylation is 1. The second-order valence-corrected chi connectivity index (χ2v) is 4.62. The number of fused-ring (bicyclic) bond motifs is 1. The first-order valence-electron chi connectivity index (χ1n) is 5.85. The molecule has 0 spiro atoms. The molecule has 0 amide bonds. The lowest BCUT2D eigenvalue weighted by atomic mass is 10.1. The molecule has 0 bridgehead atoms. The number of nitrogens with one attached hydrogen (secondary N) is 2. The van der Waals surface area contributed by atoms with Crippen LogP contribution in [0.4, 0.5) is 5.69 Å². The minimum absolute atomic E-state index is 0.650. The van der Waals surface area contributed by atoms with Crippen molar-refractivity contribution in [2.75, 3.05) is 18.4 Å². The fraction of sp³-hybridized carbons (Fsp3) is 0.231. The van der Waals surface area contributed by atoms with E-state index in [0.717, 1.165) is 41.2 Å². The van der Waals surface area contributed by atoms with E-state index in [-0.39, 0.29) is 0 Å². The highest BCUT2D eigenvalue weighted by molar-refractivity contribution is 6.35. The van der Waals surface area contributed by atoms with Crippen LogP contribution in [-0.4, -0.2) is 24.0 Å². The van der Waals surface area contributed by atoms with Gasteiger partial charge in [0, 0.05) is 23.8 Å². The van der Waals surface area contributed by atoms with E-state index in [1.54, 1.807) is 6.20 Å². The van der Waals surface area contributed by atoms with Gasteiger partial charge in [-0.2, -0.15) is 0 Å². The number of hydrogen-bond donors (Lipinski definition) is 2. The molecule has 18 heavy (non-hydrogen) atoms. The summed E-state index contributed by atoms with van der Waals surface area (Å²) in [5.74, 6) is 0.803. The predicted molar refractivity (Wildman–Crippen MR) is 75.4 cm³/mol. The lowest BCUT2D eigenvalue weighted by Crippen LogP contribution is -2.26. The summed E-state index contributed by atoms with van der Waals surface area (Å²) in [6.45, 7) is 3.74. The van der Waals surface area contributed by atoms with E-state index in [4.69, 9.17) is 11.6 Å². The van der Waals surface area contributed by atoms with Gasteiger partial charge in [-0.05, 0) is 24.6 Å². The van der Waals surface area contributed by atoms with Gasteiger partial charge in [0.25, 0.3) is 0 Å². The molecular formula is C13H13ClN4. The molecule has 2 N–H and O–H groups in total. The van der Waals surface area contributed by atoms with Crippen molar-refractivity contribution in [1.82, 2.24) is 10.3 Å². The molecule has 1 aromatic carbocycles. The monoisotopic (exact) mass is 260 g/mol. The molecular weight excluding hydrogens is 248 g/mol. The van der Waals surface area contributed by atoms with Crippen molar-refractivity contribution in [3.05, 3.63) is 35.0 Å². The highest BCUT2D eigenvalue weighted by Crippen LogP contribution is 2.30. The normalized spacial score (nSPS) is 14.4.